The van der Waals surface area contributed by atoms with Crippen LogP contribution in [0.2, 0.25) is 0 Å². The second-order valence-corrected chi connectivity index (χ2v) is 9.18. The highest BCUT2D eigenvalue weighted by Crippen LogP contribution is 2.67. The lowest BCUT2D eigenvalue weighted by molar-refractivity contribution is -0.0666. The van der Waals surface area contributed by atoms with Crippen LogP contribution in [0, 0.1) is 5.41 Å². The van der Waals surface area contributed by atoms with Crippen LogP contribution in [-0.4, -0.2) is 18.0 Å². The van der Waals surface area contributed by atoms with Crippen molar-refractivity contribution in [2.45, 2.75) is 63.3 Å². The first-order chi connectivity index (χ1) is 11.2. The van der Waals surface area contributed by atoms with E-state index < -0.39 is 0 Å². The largest absolute Gasteiger partial charge is 0.303 e. The van der Waals surface area contributed by atoms with Gasteiger partial charge in [-0.15, -0.1) is 0 Å². The summed E-state index contributed by atoms with van der Waals surface area (Å²) in [6, 6.07) is 9.42. The van der Waals surface area contributed by atoms with E-state index in [4.69, 9.17) is 10.7 Å². The quantitative estimate of drug-likeness (QED) is 0.585. The van der Waals surface area contributed by atoms with E-state index >= 15 is 0 Å². The number of fused-ring (bicyclic) bond motifs is 1. The smallest absolute Gasteiger partial charge is 0.0989 e. The molecule has 1 aliphatic heterocycles. The molecule has 1 aromatic rings. The van der Waals surface area contributed by atoms with Crippen molar-refractivity contribution in [3.8, 4) is 0 Å². The Bertz CT molecular complexity index is 556. The van der Waals surface area contributed by atoms with Crippen molar-refractivity contribution in [2.24, 2.45) is 11.3 Å². The molecule has 4 rings (SSSR count). The number of rotatable bonds is 1. The van der Waals surface area contributed by atoms with E-state index in [9.17, 15) is 0 Å². The lowest BCUT2D eigenvalue weighted by atomic mass is 9.54. The van der Waals surface area contributed by atoms with Crippen LogP contribution in [0.5, 0.6) is 0 Å². The first-order valence-corrected chi connectivity index (χ1v) is 11.0. The summed E-state index contributed by atoms with van der Waals surface area (Å²) in [6.45, 7) is 6.45. The molecule has 4 unspecified atom stereocenters. The second kappa shape index (κ2) is 6.96. The van der Waals surface area contributed by atoms with E-state index in [0.29, 0.717) is 6.04 Å². The monoisotopic (exact) mass is 352 g/mol. The second-order valence-electron chi connectivity index (χ2n) is 6.63. The summed E-state index contributed by atoms with van der Waals surface area (Å²) in [5, 5.41) is 3.78. The molecule has 0 aromatic heterocycles. The fraction of sp³-hybridized carbons (Fsp3) is 0.667. The number of hydrogen-bond donors (Lipinski definition) is 2. The van der Waals surface area contributed by atoms with Crippen LogP contribution < -0.4 is 11.2 Å². The van der Waals surface area contributed by atoms with Crippen molar-refractivity contribution in [1.29, 1.82) is 0 Å². The minimum Gasteiger partial charge on any atom is -0.303 e. The van der Waals surface area contributed by atoms with Crippen molar-refractivity contribution in [2.75, 3.05) is 5.88 Å². The molecule has 128 valence electrons. The normalized spacial score (nSPS) is 38.4. The Balaban J connectivity index is 0.000000753. The molecule has 1 aromatic carbocycles. The lowest BCUT2D eigenvalue weighted by Gasteiger charge is -2.59. The highest BCUT2D eigenvalue weighted by molar-refractivity contribution is 8.77. The fourth-order valence-electron chi connectivity index (χ4n) is 4.74. The molecule has 1 heterocycles. The van der Waals surface area contributed by atoms with Gasteiger partial charge in [-0.1, -0.05) is 73.0 Å². The molecule has 3 aliphatic rings. The molecule has 23 heavy (non-hydrogen) atoms. The van der Waals surface area contributed by atoms with Gasteiger partial charge in [0.25, 0.3) is 0 Å². The zero-order valence-corrected chi connectivity index (χ0v) is 15.9. The molecular formula is C18H28N2OS2. The van der Waals surface area contributed by atoms with Crippen LogP contribution >= 0.6 is 21.6 Å². The van der Waals surface area contributed by atoms with E-state index in [0.717, 1.165) is 18.7 Å². The summed E-state index contributed by atoms with van der Waals surface area (Å²) in [4.78, 5) is 5.55. The van der Waals surface area contributed by atoms with Gasteiger partial charge < -0.3 is 5.32 Å². The molecule has 2 bridgehead atoms. The van der Waals surface area contributed by atoms with Gasteiger partial charge in [0.15, 0.2) is 0 Å². The topological polar surface area (TPSA) is 47.3 Å². The minimum absolute atomic E-state index is 0.0341. The summed E-state index contributed by atoms with van der Waals surface area (Å²) in [7, 11) is 3.91. The predicted octanol–water partition coefficient (Wildman–Crippen LogP) is 4.22. The van der Waals surface area contributed by atoms with Crippen LogP contribution in [0.3, 0.4) is 0 Å². The zero-order chi connectivity index (χ0) is 16.5. The minimum atomic E-state index is -0.0341. The van der Waals surface area contributed by atoms with Gasteiger partial charge in [-0.2, -0.15) is 0 Å². The van der Waals surface area contributed by atoms with Crippen LogP contribution in [0.15, 0.2) is 24.3 Å². The standard InChI is InChI=1S/C16H22N2OS2.C2H6/c1-15-8-4-7-14(19-17)16(15)12-6-3-2-5-11(12)9-13(15)18-10-20-21-16;1-2/h2-3,5-6,13-14,18H,4,7-10,17H2,1H3;1-2H3. The summed E-state index contributed by atoms with van der Waals surface area (Å²) >= 11 is 0. The van der Waals surface area contributed by atoms with E-state index in [1.807, 2.05) is 35.4 Å². The first-order valence-electron chi connectivity index (χ1n) is 8.70. The van der Waals surface area contributed by atoms with Crippen LogP contribution in [0.25, 0.3) is 0 Å². The zero-order valence-electron chi connectivity index (χ0n) is 14.3. The third-order valence-corrected chi connectivity index (χ3v) is 8.93. The fourth-order valence-corrected chi connectivity index (χ4v) is 8.36. The molecule has 0 radical (unpaired) electrons. The Kier molecular flexibility index (Phi) is 5.33. The van der Waals surface area contributed by atoms with Gasteiger partial charge in [0.05, 0.1) is 16.7 Å². The Morgan fingerprint density at radius 2 is 2.09 bits per heavy atom. The Labute approximate surface area is 147 Å². The predicted molar refractivity (Wildman–Crippen MR) is 101 cm³/mol. The molecule has 2 aliphatic carbocycles. The van der Waals surface area contributed by atoms with Crippen LogP contribution in [-0.2, 0) is 16.0 Å². The maximum atomic E-state index is 5.76. The van der Waals surface area contributed by atoms with E-state index in [1.54, 1.807) is 0 Å². The molecule has 4 atom stereocenters. The van der Waals surface area contributed by atoms with Gasteiger partial charge in [0.2, 0.25) is 0 Å². The molecule has 5 heteroatoms. The average Bonchev–Trinajstić information content (AvgIpc) is 2.68. The van der Waals surface area contributed by atoms with Gasteiger partial charge in [-0.05, 0) is 30.4 Å². The van der Waals surface area contributed by atoms with E-state index in [2.05, 4.69) is 36.5 Å². The highest BCUT2D eigenvalue weighted by atomic mass is 33.1. The van der Waals surface area contributed by atoms with E-state index in [1.165, 1.54) is 24.0 Å². The van der Waals surface area contributed by atoms with Gasteiger partial charge in [0, 0.05) is 11.5 Å². The van der Waals surface area contributed by atoms with Crippen molar-refractivity contribution in [1.82, 2.24) is 5.32 Å². The van der Waals surface area contributed by atoms with Gasteiger partial charge in [0.1, 0.15) is 0 Å². The van der Waals surface area contributed by atoms with Crippen molar-refractivity contribution in [3.63, 3.8) is 0 Å². The Morgan fingerprint density at radius 1 is 1.30 bits per heavy atom. The maximum absolute atomic E-state index is 5.76. The molecule has 1 saturated carbocycles. The van der Waals surface area contributed by atoms with Crippen LogP contribution in [0.1, 0.15) is 51.2 Å². The molecule has 0 amide bonds. The molecule has 3 nitrogen and oxygen atoms in total. The molecule has 2 fully saturated rings. The number of hydrogen-bond acceptors (Lipinski definition) is 5. The van der Waals surface area contributed by atoms with Gasteiger partial charge in [-0.3, -0.25) is 4.84 Å². The Hall–Kier alpha value is -0.200. The summed E-state index contributed by atoms with van der Waals surface area (Å²) < 4.78 is -0.0341. The van der Waals surface area contributed by atoms with Crippen molar-refractivity contribution >= 4 is 21.6 Å². The lowest BCUT2D eigenvalue weighted by Crippen LogP contribution is -2.64. The molecule has 1 saturated heterocycles. The summed E-state index contributed by atoms with van der Waals surface area (Å²) in [5.41, 5.74) is 3.11. The number of nitrogens with two attached hydrogens (primary N) is 1. The van der Waals surface area contributed by atoms with Gasteiger partial charge >= 0.3 is 0 Å². The summed E-state index contributed by atoms with van der Waals surface area (Å²) in [5.74, 6) is 6.76. The maximum Gasteiger partial charge on any atom is 0.0989 e. The first kappa shape index (κ1) is 17.6. The van der Waals surface area contributed by atoms with Crippen molar-refractivity contribution < 1.29 is 4.84 Å². The highest BCUT2D eigenvalue weighted by Gasteiger charge is 2.64. The van der Waals surface area contributed by atoms with Gasteiger partial charge in [-0.25, -0.2) is 5.90 Å². The third kappa shape index (κ3) is 2.47. The number of nitrogens with one attached hydrogen (secondary N) is 1. The van der Waals surface area contributed by atoms with Crippen molar-refractivity contribution in [3.05, 3.63) is 35.4 Å². The molecule has 0 spiro atoms. The SMILES string of the molecule is CC.CC12CCCC(ON)C13SSCNC2Cc1ccccc13. The molecule has 3 N–H and O–H groups in total. The summed E-state index contributed by atoms with van der Waals surface area (Å²) in [6.07, 6.45) is 4.71. The Morgan fingerprint density at radius 3 is 2.87 bits per heavy atom. The average molecular weight is 353 g/mol. The van der Waals surface area contributed by atoms with Crippen LogP contribution in [0.4, 0.5) is 0 Å². The number of benzene rings is 1. The third-order valence-electron chi connectivity index (χ3n) is 5.82. The molecular weight excluding hydrogens is 324 g/mol. The van der Waals surface area contributed by atoms with E-state index in [-0.39, 0.29) is 16.3 Å².